The lowest BCUT2D eigenvalue weighted by Gasteiger charge is -2.37. The average molecular weight is 343 g/mol. The second-order valence-electron chi connectivity index (χ2n) is 6.20. The van der Waals surface area contributed by atoms with Crippen LogP contribution < -0.4 is 4.90 Å². The van der Waals surface area contributed by atoms with Gasteiger partial charge >= 0.3 is 6.09 Å². The predicted molar refractivity (Wildman–Crippen MR) is 93.8 cm³/mol. The summed E-state index contributed by atoms with van der Waals surface area (Å²) in [5, 5.41) is 0. The molecule has 0 atom stereocenters. The van der Waals surface area contributed by atoms with Crippen molar-refractivity contribution >= 4 is 11.8 Å². The molecule has 25 heavy (non-hydrogen) atoms. The molecule has 0 spiro atoms. The summed E-state index contributed by atoms with van der Waals surface area (Å²) in [6, 6.07) is 11.4. The SMILES string of the molecule is CN(C(=O)OCc1ccccc1)C1CCN(c2ccncc2F)CC1. The maximum absolute atomic E-state index is 13.8. The van der Waals surface area contributed by atoms with Crippen molar-refractivity contribution in [1.29, 1.82) is 0 Å². The number of amides is 1. The summed E-state index contributed by atoms with van der Waals surface area (Å²) in [7, 11) is 1.76. The molecule has 6 heteroatoms. The Morgan fingerprint density at radius 3 is 2.68 bits per heavy atom. The number of carbonyl (C=O) groups excluding carboxylic acids is 1. The van der Waals surface area contributed by atoms with Crippen molar-refractivity contribution in [3.8, 4) is 0 Å². The first-order valence-electron chi connectivity index (χ1n) is 8.43. The fourth-order valence-electron chi connectivity index (χ4n) is 3.09. The smallest absolute Gasteiger partial charge is 0.410 e. The van der Waals surface area contributed by atoms with E-state index in [2.05, 4.69) is 4.98 Å². The molecule has 0 radical (unpaired) electrons. The zero-order valence-corrected chi connectivity index (χ0v) is 14.3. The van der Waals surface area contributed by atoms with Crippen LogP contribution >= 0.6 is 0 Å². The van der Waals surface area contributed by atoms with Gasteiger partial charge in [-0.2, -0.15) is 0 Å². The lowest BCUT2D eigenvalue weighted by atomic mass is 10.0. The Kier molecular flexibility index (Phi) is 5.48. The topological polar surface area (TPSA) is 45.7 Å². The molecule has 0 bridgehead atoms. The number of benzene rings is 1. The first kappa shape index (κ1) is 17.2. The van der Waals surface area contributed by atoms with Gasteiger partial charge in [0.1, 0.15) is 6.61 Å². The summed E-state index contributed by atoms with van der Waals surface area (Å²) in [5.41, 5.74) is 1.54. The molecule has 1 aromatic carbocycles. The number of anilines is 1. The first-order chi connectivity index (χ1) is 12.1. The molecular formula is C19H22FN3O2. The van der Waals surface area contributed by atoms with Crippen molar-refractivity contribution in [3.63, 3.8) is 0 Å². The first-order valence-corrected chi connectivity index (χ1v) is 8.43. The van der Waals surface area contributed by atoms with E-state index < -0.39 is 0 Å². The van der Waals surface area contributed by atoms with Crippen molar-refractivity contribution in [2.45, 2.75) is 25.5 Å². The number of nitrogens with zero attached hydrogens (tertiary/aromatic N) is 3. The molecule has 0 saturated carbocycles. The van der Waals surface area contributed by atoms with E-state index in [9.17, 15) is 9.18 Å². The van der Waals surface area contributed by atoms with E-state index in [1.807, 2.05) is 35.2 Å². The summed E-state index contributed by atoms with van der Waals surface area (Å²) in [6.45, 7) is 1.66. The Balaban J connectivity index is 1.50. The van der Waals surface area contributed by atoms with Gasteiger partial charge in [-0.1, -0.05) is 30.3 Å². The lowest BCUT2D eigenvalue weighted by molar-refractivity contribution is 0.0862. The number of rotatable bonds is 4. The van der Waals surface area contributed by atoms with Crippen molar-refractivity contribution < 1.29 is 13.9 Å². The Bertz CT molecular complexity index is 703. The summed E-state index contributed by atoms with van der Waals surface area (Å²) in [6.07, 6.45) is 4.06. The van der Waals surface area contributed by atoms with E-state index in [1.54, 1.807) is 24.2 Å². The minimum atomic E-state index is -0.322. The van der Waals surface area contributed by atoms with Crippen LogP contribution in [0.25, 0.3) is 0 Å². The minimum absolute atomic E-state index is 0.101. The van der Waals surface area contributed by atoms with Gasteiger partial charge in [0, 0.05) is 32.4 Å². The molecule has 2 aromatic rings. The number of hydrogen-bond acceptors (Lipinski definition) is 4. The van der Waals surface area contributed by atoms with Crippen LogP contribution in [0.5, 0.6) is 0 Å². The van der Waals surface area contributed by atoms with Crippen molar-refractivity contribution in [3.05, 3.63) is 60.2 Å². The summed E-state index contributed by atoms with van der Waals surface area (Å²) in [5.74, 6) is -0.309. The molecule has 0 N–H and O–H groups in total. The predicted octanol–water partition coefficient (Wildman–Crippen LogP) is 3.46. The zero-order valence-electron chi connectivity index (χ0n) is 14.3. The average Bonchev–Trinajstić information content (AvgIpc) is 2.67. The maximum Gasteiger partial charge on any atom is 0.410 e. The molecule has 1 fully saturated rings. The van der Waals surface area contributed by atoms with Gasteiger partial charge < -0.3 is 14.5 Å². The number of halogens is 1. The van der Waals surface area contributed by atoms with Crippen LogP contribution in [-0.2, 0) is 11.3 Å². The van der Waals surface area contributed by atoms with Gasteiger partial charge in [0.15, 0.2) is 5.82 Å². The van der Waals surface area contributed by atoms with Crippen LogP contribution in [0.1, 0.15) is 18.4 Å². The van der Waals surface area contributed by atoms with E-state index >= 15 is 0 Å². The number of carbonyl (C=O) groups is 1. The van der Waals surface area contributed by atoms with E-state index in [0.717, 1.165) is 18.4 Å². The highest BCUT2D eigenvalue weighted by Gasteiger charge is 2.27. The molecule has 1 amide bonds. The van der Waals surface area contributed by atoms with Gasteiger partial charge in [0.2, 0.25) is 0 Å². The second kappa shape index (κ2) is 7.96. The molecule has 1 aromatic heterocycles. The quantitative estimate of drug-likeness (QED) is 0.853. The molecule has 2 heterocycles. The van der Waals surface area contributed by atoms with Crippen LogP contribution in [-0.4, -0.2) is 42.2 Å². The molecule has 1 aliphatic rings. The molecule has 5 nitrogen and oxygen atoms in total. The molecule has 132 valence electrons. The Morgan fingerprint density at radius 1 is 1.28 bits per heavy atom. The van der Waals surface area contributed by atoms with Crippen molar-refractivity contribution in [2.75, 3.05) is 25.0 Å². The molecule has 0 unspecified atom stereocenters. The summed E-state index contributed by atoms with van der Waals surface area (Å²) in [4.78, 5) is 19.7. The highest BCUT2D eigenvalue weighted by atomic mass is 19.1. The largest absolute Gasteiger partial charge is 0.445 e. The number of piperidine rings is 1. The van der Waals surface area contributed by atoms with Crippen LogP contribution in [0.2, 0.25) is 0 Å². The molecule has 0 aliphatic carbocycles. The molecule has 1 aliphatic heterocycles. The van der Waals surface area contributed by atoms with Crippen molar-refractivity contribution in [1.82, 2.24) is 9.88 Å². The number of hydrogen-bond donors (Lipinski definition) is 0. The van der Waals surface area contributed by atoms with Gasteiger partial charge in [0.25, 0.3) is 0 Å². The minimum Gasteiger partial charge on any atom is -0.445 e. The maximum atomic E-state index is 13.8. The van der Waals surface area contributed by atoms with E-state index in [1.165, 1.54) is 6.20 Å². The van der Waals surface area contributed by atoms with E-state index in [-0.39, 0.29) is 24.6 Å². The van der Waals surface area contributed by atoms with Crippen LogP contribution in [0.15, 0.2) is 48.8 Å². The normalized spacial score (nSPS) is 15.0. The van der Waals surface area contributed by atoms with Gasteiger partial charge in [0.05, 0.1) is 11.9 Å². The summed E-state index contributed by atoms with van der Waals surface area (Å²) < 4.78 is 19.2. The third-order valence-electron chi connectivity index (χ3n) is 4.60. The third-order valence-corrected chi connectivity index (χ3v) is 4.60. The van der Waals surface area contributed by atoms with Gasteiger partial charge in [-0.3, -0.25) is 4.98 Å². The lowest BCUT2D eigenvalue weighted by Crippen LogP contribution is -2.46. The van der Waals surface area contributed by atoms with Gasteiger partial charge in [-0.05, 0) is 24.5 Å². The third kappa shape index (κ3) is 4.26. The fourth-order valence-corrected chi connectivity index (χ4v) is 3.09. The van der Waals surface area contributed by atoms with Crippen molar-refractivity contribution in [2.24, 2.45) is 0 Å². The van der Waals surface area contributed by atoms with Gasteiger partial charge in [-0.15, -0.1) is 0 Å². The Morgan fingerprint density at radius 2 is 2.00 bits per heavy atom. The highest BCUT2D eigenvalue weighted by Crippen LogP contribution is 2.24. The fraction of sp³-hybridized carbons (Fsp3) is 0.368. The molecular weight excluding hydrogens is 321 g/mol. The monoisotopic (exact) mass is 343 g/mol. The zero-order chi connectivity index (χ0) is 17.6. The second-order valence-corrected chi connectivity index (χ2v) is 6.20. The Hall–Kier alpha value is -2.63. The number of ether oxygens (including phenoxy) is 1. The van der Waals surface area contributed by atoms with Crippen LogP contribution in [0, 0.1) is 5.82 Å². The van der Waals surface area contributed by atoms with E-state index in [4.69, 9.17) is 4.74 Å². The molecule has 3 rings (SSSR count). The number of pyridine rings is 1. The van der Waals surface area contributed by atoms with Crippen LogP contribution in [0.3, 0.4) is 0 Å². The molecule has 1 saturated heterocycles. The van der Waals surface area contributed by atoms with Gasteiger partial charge in [-0.25, -0.2) is 9.18 Å². The summed E-state index contributed by atoms with van der Waals surface area (Å²) >= 11 is 0. The highest BCUT2D eigenvalue weighted by molar-refractivity contribution is 5.67. The van der Waals surface area contributed by atoms with Crippen LogP contribution in [0.4, 0.5) is 14.9 Å². The van der Waals surface area contributed by atoms with E-state index in [0.29, 0.717) is 18.8 Å². The Labute approximate surface area is 147 Å². The standard InChI is InChI=1S/C19H22FN3O2/c1-22(19(24)25-14-15-5-3-2-4-6-15)16-8-11-23(12-9-16)18-7-10-21-13-17(18)20/h2-7,10,13,16H,8-9,11-12,14H2,1H3. The number of aromatic nitrogens is 1.